The molecule has 238 valence electrons. The molecule has 2 aromatic carbocycles. The molecule has 3 N–H and O–H groups in total. The van der Waals surface area contributed by atoms with Gasteiger partial charge in [0.1, 0.15) is 23.2 Å². The van der Waals surface area contributed by atoms with E-state index in [9.17, 15) is 22.7 Å². The van der Waals surface area contributed by atoms with Crippen molar-refractivity contribution in [2.75, 3.05) is 43.5 Å². The molecule has 3 saturated heterocycles. The number of rotatable bonds is 2. The normalized spacial score (nSPS) is 24.0. The maximum atomic E-state index is 16.0. The van der Waals surface area contributed by atoms with Crippen LogP contribution in [-0.4, -0.2) is 76.2 Å². The molecule has 0 bridgehead atoms. The Morgan fingerprint density at radius 1 is 1.11 bits per heavy atom. The van der Waals surface area contributed by atoms with Crippen molar-refractivity contribution in [1.82, 2.24) is 19.9 Å². The van der Waals surface area contributed by atoms with Crippen molar-refractivity contribution in [3.8, 4) is 29.6 Å². The summed E-state index contributed by atoms with van der Waals surface area (Å²) in [7, 11) is 0. The number of terminal acetylenes is 1. The van der Waals surface area contributed by atoms with Gasteiger partial charge in [0.2, 0.25) is 0 Å². The quantitative estimate of drug-likeness (QED) is 0.125. The van der Waals surface area contributed by atoms with Crippen LogP contribution in [0.4, 0.5) is 33.5 Å². The van der Waals surface area contributed by atoms with Gasteiger partial charge in [0, 0.05) is 66.4 Å². The Morgan fingerprint density at radius 3 is 2.67 bits per heavy atom. The van der Waals surface area contributed by atoms with Crippen molar-refractivity contribution >= 4 is 33.2 Å². The fourth-order valence-corrected chi connectivity index (χ4v) is 6.76. The Kier molecular flexibility index (Phi) is 9.07. The van der Waals surface area contributed by atoms with E-state index in [1.165, 1.54) is 30.8 Å². The Balaban J connectivity index is 0.000000318. The minimum Gasteiger partial charge on any atom is -0.479 e. The number of hydrogen-bond acceptors (Lipinski definition) is 8. The fraction of sp³-hybridized carbons (Fsp3) is 0.375. The summed E-state index contributed by atoms with van der Waals surface area (Å²) in [6.45, 7) is 2.61. The Morgan fingerprint density at radius 2 is 1.91 bits per heavy atom. The van der Waals surface area contributed by atoms with Gasteiger partial charge < -0.3 is 25.4 Å². The average Bonchev–Trinajstić information content (AvgIpc) is 3.31. The van der Waals surface area contributed by atoms with Gasteiger partial charge in [0.05, 0.1) is 36.4 Å². The van der Waals surface area contributed by atoms with E-state index in [4.69, 9.17) is 16.9 Å². The van der Waals surface area contributed by atoms with Crippen LogP contribution in [0.3, 0.4) is 0 Å². The number of hydrogen-bond donors (Lipinski definition) is 2. The molecule has 4 atom stereocenters. The second kappa shape index (κ2) is 12.8. The number of ether oxygens (including phenoxy) is 1. The average molecular weight is 862 g/mol. The second-order valence-corrected chi connectivity index (χ2v) is 11.7. The summed E-state index contributed by atoms with van der Waals surface area (Å²) in [5, 5.41) is 10.6. The first-order chi connectivity index (χ1) is 21.7. The number of nitrogen functional groups attached to an aromatic ring is 1. The first-order valence-corrected chi connectivity index (χ1v) is 14.6. The van der Waals surface area contributed by atoms with E-state index in [0.29, 0.717) is 13.2 Å². The summed E-state index contributed by atoms with van der Waals surface area (Å²) in [6.07, 6.45) is 8.17. The van der Waals surface area contributed by atoms with Gasteiger partial charge >= 0.3 is 6.01 Å². The van der Waals surface area contributed by atoms with Gasteiger partial charge in [-0.3, -0.25) is 4.98 Å². The first kappa shape index (κ1) is 32.7. The van der Waals surface area contributed by atoms with Gasteiger partial charge in [0.15, 0.2) is 17.5 Å². The number of aromatic nitrogens is 3. The minimum atomic E-state index is -1.26. The molecular weight excluding hydrogens is 833 g/mol. The second-order valence-electron chi connectivity index (χ2n) is 11.7. The smallest absolute Gasteiger partial charge is 0.316 e. The zero-order chi connectivity index (χ0) is 31.6. The number of nitrogens with two attached hydrogens (primary N) is 1. The Labute approximate surface area is 284 Å². The van der Waals surface area contributed by atoms with Crippen LogP contribution in [0.15, 0.2) is 24.4 Å². The molecule has 5 heterocycles. The molecular formula is C32H28F5N6O2U-. The third-order valence-corrected chi connectivity index (χ3v) is 8.87. The summed E-state index contributed by atoms with van der Waals surface area (Å²) in [4.78, 5) is 15.9. The van der Waals surface area contributed by atoms with Crippen LogP contribution >= 0.6 is 0 Å². The van der Waals surface area contributed by atoms with Gasteiger partial charge in [0.25, 0.3) is 0 Å². The molecule has 2 aromatic heterocycles. The number of fused-ring (bicyclic) bond motifs is 4. The van der Waals surface area contributed by atoms with E-state index in [1.54, 1.807) is 4.90 Å². The van der Waals surface area contributed by atoms with E-state index in [-0.39, 0.29) is 94.6 Å². The van der Waals surface area contributed by atoms with Gasteiger partial charge in [-0.25, -0.2) is 28.0 Å². The molecule has 0 unspecified atom stereocenters. The van der Waals surface area contributed by atoms with Crippen LogP contribution in [0.5, 0.6) is 6.01 Å². The zero-order valence-electron chi connectivity index (χ0n) is 24.4. The molecule has 46 heavy (non-hydrogen) atoms. The van der Waals surface area contributed by atoms with Gasteiger partial charge in [-0.2, -0.15) is 16.4 Å². The van der Waals surface area contributed by atoms with Crippen LogP contribution < -0.4 is 10.6 Å². The minimum absolute atomic E-state index is 0. The number of benzene rings is 2. The van der Waals surface area contributed by atoms with E-state index in [2.05, 4.69) is 25.8 Å². The summed E-state index contributed by atoms with van der Waals surface area (Å²) in [5.41, 5.74) is 5.12. The summed E-state index contributed by atoms with van der Waals surface area (Å²) < 4.78 is 77.0. The monoisotopic (exact) mass is 861 g/mol. The predicted molar refractivity (Wildman–Crippen MR) is 158 cm³/mol. The van der Waals surface area contributed by atoms with E-state index >= 15 is 4.39 Å². The van der Waals surface area contributed by atoms with Gasteiger partial charge in [-0.05, 0) is 36.7 Å². The predicted octanol–water partition coefficient (Wildman–Crippen LogP) is 5.06. The van der Waals surface area contributed by atoms with Crippen LogP contribution in [-0.2, 0) is 4.74 Å². The molecule has 8 nitrogen and oxygen atoms in total. The fourth-order valence-electron chi connectivity index (χ4n) is 6.76. The van der Waals surface area contributed by atoms with Crippen LogP contribution in [0.2, 0.25) is 0 Å². The molecule has 8 rings (SSSR count). The summed E-state index contributed by atoms with van der Waals surface area (Å²) in [5.74, 6) is -1.52. The Hall–Kier alpha value is -3.23. The van der Waals surface area contributed by atoms with Crippen molar-refractivity contribution in [3.63, 3.8) is 0 Å². The zero-order valence-corrected chi connectivity index (χ0v) is 28.6. The summed E-state index contributed by atoms with van der Waals surface area (Å²) >= 11 is 0. The van der Waals surface area contributed by atoms with Gasteiger partial charge in [-0.1, -0.05) is 12.3 Å². The van der Waals surface area contributed by atoms with E-state index < -0.39 is 47.4 Å². The van der Waals surface area contributed by atoms with Crippen molar-refractivity contribution in [3.05, 3.63) is 53.5 Å². The van der Waals surface area contributed by atoms with Crippen molar-refractivity contribution in [2.24, 2.45) is 5.92 Å². The topological polar surface area (TPSA) is 101 Å². The molecule has 14 heteroatoms. The number of aromatic hydroxyl groups is 1. The molecule has 3 aliphatic heterocycles. The van der Waals surface area contributed by atoms with E-state index in [1.807, 2.05) is 0 Å². The molecule has 4 aromatic rings. The van der Waals surface area contributed by atoms with Crippen molar-refractivity contribution < 1.29 is 62.9 Å². The van der Waals surface area contributed by atoms with E-state index in [0.717, 1.165) is 25.5 Å². The van der Waals surface area contributed by atoms with Crippen molar-refractivity contribution in [2.45, 2.75) is 37.6 Å². The standard InChI is InChI=1S/C25H17F4N5O2.C7H11FN.U/c1-2-12-17-10(6-16(26)18(12)27)5-11(30)7-13(17)21-20(29)22-14(8-31-21)24(33-25(35)32-22)34-3-4-36-9-15-19(28)23(15)34;8-6-4-7-2-1-3-9(7)5-6;/h1,5-8,15,19,23H,3-4,9,30H2,(H,32,33,35);6H,1-5H2;/q;-1;/t15-,19-,23-;6-;/m01./s1. The maximum Gasteiger partial charge on any atom is 0.316 e. The van der Waals surface area contributed by atoms with Gasteiger partial charge in [-0.15, -0.1) is 12.8 Å². The number of nitrogens with zero attached hydrogens (tertiary/aromatic N) is 5. The molecule has 4 fully saturated rings. The molecule has 0 radical (unpaired) electrons. The maximum absolute atomic E-state index is 16.0. The largest absolute Gasteiger partial charge is 0.479 e. The third kappa shape index (κ3) is 5.66. The SMILES string of the molecule is C#Cc1c(F)c(F)cc2cc(N)cc(-c3ncc4c(N5CCOC[C@H]6[C@H](F)[C@H]65)nc(O)nc4c3F)c12.F[C@@H]1C[C-]2CCCN2C1.[U]. The molecule has 1 saturated carbocycles. The molecule has 0 spiro atoms. The molecule has 0 amide bonds. The number of pyridine rings is 1. The van der Waals surface area contributed by atoms with Crippen molar-refractivity contribution in [1.29, 1.82) is 0 Å². The number of halogens is 5. The number of anilines is 2. The number of alkyl halides is 2. The van der Waals surface area contributed by atoms with Crippen LogP contribution in [0.25, 0.3) is 32.9 Å². The molecule has 1 aliphatic carbocycles. The molecule has 4 aliphatic rings. The Bertz CT molecular complexity index is 1860. The van der Waals surface area contributed by atoms with Crippen LogP contribution in [0, 0.1) is 72.9 Å². The third-order valence-electron chi connectivity index (χ3n) is 8.87. The first-order valence-electron chi connectivity index (χ1n) is 14.6. The van der Waals surface area contributed by atoms with Crippen LogP contribution in [0.1, 0.15) is 24.8 Å². The summed E-state index contributed by atoms with van der Waals surface area (Å²) in [6, 6.07) is 3.75.